The topological polar surface area (TPSA) is 17.1 Å². The van der Waals surface area contributed by atoms with E-state index < -0.39 is 6.04 Å². The van der Waals surface area contributed by atoms with Crippen molar-refractivity contribution in [1.29, 1.82) is 0 Å². The molecule has 0 aliphatic carbocycles. The molecule has 0 amide bonds. The summed E-state index contributed by atoms with van der Waals surface area (Å²) in [6, 6.07) is 35.8. The summed E-state index contributed by atoms with van der Waals surface area (Å²) in [4.78, 5) is 11.1. The summed E-state index contributed by atoms with van der Waals surface area (Å²) in [5, 5.41) is 0. The van der Waals surface area contributed by atoms with Gasteiger partial charge in [0, 0.05) is 0 Å². The van der Waals surface area contributed by atoms with Crippen molar-refractivity contribution in [2.45, 2.75) is 0 Å². The van der Waals surface area contributed by atoms with Crippen LogP contribution in [0.4, 0.5) is 4.39 Å². The van der Waals surface area contributed by atoms with Crippen LogP contribution in [0.5, 0.6) is 0 Å². The fourth-order valence-electron chi connectivity index (χ4n) is 3.49. The zero-order valence-corrected chi connectivity index (χ0v) is 15.8. The van der Waals surface area contributed by atoms with Crippen molar-refractivity contribution >= 4 is 17.2 Å². The molecule has 0 heterocycles. The lowest BCUT2D eigenvalue weighted by Crippen LogP contribution is -1.98. The fraction of sp³-hybridized carbons (Fsp3) is 0. The van der Waals surface area contributed by atoms with Crippen molar-refractivity contribution in [1.82, 2.24) is 0 Å². The maximum Gasteiger partial charge on any atom is 0.332 e. The van der Waals surface area contributed by atoms with Crippen LogP contribution in [-0.4, -0.2) is 6.04 Å². The van der Waals surface area contributed by atoms with Crippen LogP contribution in [0.3, 0.4) is 0 Å². The Hall–Kier alpha value is -3.78. The average Bonchev–Trinajstić information content (AvgIpc) is 2.79. The summed E-state index contributed by atoms with van der Waals surface area (Å²) < 4.78 is 13.1. The maximum absolute atomic E-state index is 13.1. The lowest BCUT2D eigenvalue weighted by Gasteiger charge is -2.18. The van der Waals surface area contributed by atoms with Gasteiger partial charge in [-0.2, -0.15) is 4.39 Å². The van der Waals surface area contributed by atoms with E-state index in [4.69, 9.17) is 0 Å². The first kappa shape index (κ1) is 18.6. The van der Waals surface area contributed by atoms with Crippen LogP contribution in [0.15, 0.2) is 115 Å². The van der Waals surface area contributed by atoms with Crippen LogP contribution in [0, 0.1) is 0 Å². The molecule has 140 valence electrons. The standard InChI is InChI=1S/C27H19FO/c28-27(29)24-18-16-23(17-19-24)26(22-14-8-3-9-15-22)25(20-10-4-1-5-11-20)21-12-6-2-7-13-21/h1-19H. The van der Waals surface area contributed by atoms with Gasteiger partial charge in [-0.3, -0.25) is 4.79 Å². The quantitative estimate of drug-likeness (QED) is 0.276. The maximum atomic E-state index is 13.1. The molecule has 0 atom stereocenters. The molecular weight excluding hydrogens is 359 g/mol. The molecule has 0 aromatic heterocycles. The van der Waals surface area contributed by atoms with Gasteiger partial charge in [0.25, 0.3) is 0 Å². The minimum Gasteiger partial charge on any atom is -0.255 e. The summed E-state index contributed by atoms with van der Waals surface area (Å²) in [6.07, 6.45) is 0. The normalized spacial score (nSPS) is 10.4. The molecule has 0 spiro atoms. The highest BCUT2D eigenvalue weighted by Gasteiger charge is 2.16. The number of rotatable bonds is 5. The van der Waals surface area contributed by atoms with Gasteiger partial charge in [-0.1, -0.05) is 103 Å². The minimum absolute atomic E-state index is 0.0575. The van der Waals surface area contributed by atoms with E-state index in [9.17, 15) is 9.18 Å². The van der Waals surface area contributed by atoms with Gasteiger partial charge in [0.2, 0.25) is 0 Å². The number of hydrogen-bond donors (Lipinski definition) is 0. The lowest BCUT2D eigenvalue weighted by atomic mass is 9.85. The molecule has 0 saturated heterocycles. The number of hydrogen-bond acceptors (Lipinski definition) is 1. The van der Waals surface area contributed by atoms with E-state index in [1.54, 1.807) is 12.1 Å². The molecule has 2 heteroatoms. The van der Waals surface area contributed by atoms with Gasteiger partial charge in [0.15, 0.2) is 0 Å². The van der Waals surface area contributed by atoms with Crippen LogP contribution < -0.4 is 0 Å². The van der Waals surface area contributed by atoms with Gasteiger partial charge in [-0.15, -0.1) is 0 Å². The largest absolute Gasteiger partial charge is 0.332 e. The average molecular weight is 378 g/mol. The van der Waals surface area contributed by atoms with E-state index in [-0.39, 0.29) is 5.56 Å². The summed E-state index contributed by atoms with van der Waals surface area (Å²) in [7, 11) is 0. The second-order valence-corrected chi connectivity index (χ2v) is 6.70. The minimum atomic E-state index is -1.42. The Balaban J connectivity index is 2.05. The third-order valence-electron chi connectivity index (χ3n) is 4.84. The second-order valence-electron chi connectivity index (χ2n) is 6.70. The third-order valence-corrected chi connectivity index (χ3v) is 4.84. The van der Waals surface area contributed by atoms with Gasteiger partial charge in [0.1, 0.15) is 0 Å². The van der Waals surface area contributed by atoms with Crippen molar-refractivity contribution in [2.75, 3.05) is 0 Å². The molecule has 29 heavy (non-hydrogen) atoms. The van der Waals surface area contributed by atoms with E-state index in [2.05, 4.69) is 36.4 Å². The molecule has 4 aromatic carbocycles. The van der Waals surface area contributed by atoms with E-state index in [0.717, 1.165) is 33.4 Å². The smallest absolute Gasteiger partial charge is 0.255 e. The lowest BCUT2D eigenvalue weighted by molar-refractivity contribution is 0.0836. The van der Waals surface area contributed by atoms with Crippen LogP contribution in [0.2, 0.25) is 0 Å². The zero-order chi connectivity index (χ0) is 20.1. The molecule has 0 unspecified atom stereocenters. The first-order valence-corrected chi connectivity index (χ1v) is 9.45. The summed E-state index contributed by atoms with van der Waals surface area (Å²) >= 11 is 0. The van der Waals surface area contributed by atoms with Crippen LogP contribution in [0.25, 0.3) is 11.1 Å². The molecule has 1 nitrogen and oxygen atoms in total. The Morgan fingerprint density at radius 2 is 0.690 bits per heavy atom. The zero-order valence-electron chi connectivity index (χ0n) is 15.8. The summed E-state index contributed by atoms with van der Waals surface area (Å²) in [5.74, 6) is 0. The van der Waals surface area contributed by atoms with Crippen LogP contribution >= 0.6 is 0 Å². The highest BCUT2D eigenvalue weighted by atomic mass is 19.1. The predicted molar refractivity (Wildman–Crippen MR) is 116 cm³/mol. The highest BCUT2D eigenvalue weighted by Crippen LogP contribution is 2.36. The molecular formula is C27H19FO. The van der Waals surface area contributed by atoms with Gasteiger partial charge in [-0.25, -0.2) is 0 Å². The molecule has 0 bridgehead atoms. The van der Waals surface area contributed by atoms with Crippen LogP contribution in [0.1, 0.15) is 32.6 Å². The van der Waals surface area contributed by atoms with Gasteiger partial charge < -0.3 is 0 Å². The predicted octanol–water partition coefficient (Wildman–Crippen LogP) is 6.80. The van der Waals surface area contributed by atoms with Crippen LogP contribution in [-0.2, 0) is 0 Å². The van der Waals surface area contributed by atoms with E-state index >= 15 is 0 Å². The Labute approximate surface area is 169 Å². The SMILES string of the molecule is O=C(F)c1ccc(C(=C(c2ccccc2)c2ccccc2)c2ccccc2)cc1. The molecule has 0 radical (unpaired) electrons. The third kappa shape index (κ3) is 4.07. The molecule has 0 saturated carbocycles. The molecule has 0 N–H and O–H groups in total. The van der Waals surface area contributed by atoms with Gasteiger partial charge in [0.05, 0.1) is 5.56 Å². The van der Waals surface area contributed by atoms with E-state index in [1.165, 1.54) is 12.1 Å². The van der Waals surface area contributed by atoms with Crippen molar-refractivity contribution in [3.63, 3.8) is 0 Å². The summed E-state index contributed by atoms with van der Waals surface area (Å²) in [5.41, 5.74) is 6.31. The summed E-state index contributed by atoms with van der Waals surface area (Å²) in [6.45, 7) is 0. The molecule has 4 aromatic rings. The fourth-order valence-corrected chi connectivity index (χ4v) is 3.49. The highest BCUT2D eigenvalue weighted by molar-refractivity contribution is 6.04. The molecule has 0 fully saturated rings. The van der Waals surface area contributed by atoms with Gasteiger partial charge in [-0.05, 0) is 45.5 Å². The Morgan fingerprint density at radius 1 is 0.414 bits per heavy atom. The first-order chi connectivity index (χ1) is 14.2. The number of carbonyl (C=O) groups is 1. The second kappa shape index (κ2) is 8.49. The number of carbonyl (C=O) groups excluding carboxylic acids is 1. The molecule has 0 aliphatic heterocycles. The van der Waals surface area contributed by atoms with Crippen molar-refractivity contribution in [2.24, 2.45) is 0 Å². The first-order valence-electron chi connectivity index (χ1n) is 9.45. The van der Waals surface area contributed by atoms with E-state index in [0.29, 0.717) is 0 Å². The Kier molecular flexibility index (Phi) is 5.44. The van der Waals surface area contributed by atoms with Crippen molar-refractivity contribution in [3.05, 3.63) is 143 Å². The van der Waals surface area contributed by atoms with Crippen molar-refractivity contribution in [3.8, 4) is 0 Å². The number of benzene rings is 4. The Morgan fingerprint density at radius 3 is 1.00 bits per heavy atom. The molecule has 0 aliphatic rings. The van der Waals surface area contributed by atoms with E-state index in [1.807, 2.05) is 54.6 Å². The number of halogens is 1. The molecule has 4 rings (SSSR count). The van der Waals surface area contributed by atoms with Gasteiger partial charge >= 0.3 is 6.04 Å². The Bertz CT molecular complexity index is 1090. The van der Waals surface area contributed by atoms with Crippen molar-refractivity contribution < 1.29 is 9.18 Å². The monoisotopic (exact) mass is 378 g/mol.